The van der Waals surface area contributed by atoms with Gasteiger partial charge >= 0.3 is 0 Å². The molecule has 0 saturated carbocycles. The number of para-hydroxylation sites is 1. The molecule has 0 aliphatic rings. The fourth-order valence-electron chi connectivity index (χ4n) is 7.82. The highest BCUT2D eigenvalue weighted by Crippen LogP contribution is 2.45. The Morgan fingerprint density at radius 1 is 0.385 bits per heavy atom. The number of rotatable bonds is 4. The summed E-state index contributed by atoms with van der Waals surface area (Å²) < 4.78 is 4.84. The van der Waals surface area contributed by atoms with Gasteiger partial charge in [-0.3, -0.25) is 0 Å². The Bertz CT molecular complexity index is 3120. The van der Waals surface area contributed by atoms with Gasteiger partial charge in [0.05, 0.1) is 11.0 Å². The smallest absolute Gasteiger partial charge is 0.165 e. The summed E-state index contributed by atoms with van der Waals surface area (Å²) in [5, 5.41) is 9.65. The lowest BCUT2D eigenvalue weighted by atomic mass is 9.97. The summed E-state index contributed by atoms with van der Waals surface area (Å²) in [6.07, 6.45) is 0. The molecule has 52 heavy (non-hydrogen) atoms. The van der Waals surface area contributed by atoms with E-state index in [4.69, 9.17) is 15.0 Å². The Hall–Kier alpha value is -6.69. The summed E-state index contributed by atoms with van der Waals surface area (Å²) >= 11 is 1.83. The van der Waals surface area contributed by atoms with Crippen LogP contribution < -0.4 is 0 Å². The van der Waals surface area contributed by atoms with E-state index < -0.39 is 0 Å². The first-order chi connectivity index (χ1) is 25.8. The van der Waals surface area contributed by atoms with Crippen LogP contribution in [0.3, 0.4) is 0 Å². The van der Waals surface area contributed by atoms with Crippen molar-refractivity contribution in [2.75, 3.05) is 0 Å². The monoisotopic (exact) mass is 680 g/mol. The van der Waals surface area contributed by atoms with Crippen molar-refractivity contribution >= 4 is 74.9 Å². The minimum atomic E-state index is 0.659. The maximum Gasteiger partial charge on any atom is 0.165 e. The van der Waals surface area contributed by atoms with Gasteiger partial charge in [0.2, 0.25) is 0 Å². The van der Waals surface area contributed by atoms with E-state index in [9.17, 15) is 0 Å². The van der Waals surface area contributed by atoms with Crippen LogP contribution >= 0.6 is 11.3 Å². The lowest BCUT2D eigenvalue weighted by Crippen LogP contribution is -2.01. The molecule has 0 unspecified atom stereocenters. The Kier molecular flexibility index (Phi) is 6.39. The van der Waals surface area contributed by atoms with E-state index >= 15 is 0 Å². The van der Waals surface area contributed by atoms with Crippen LogP contribution in [-0.2, 0) is 0 Å². The van der Waals surface area contributed by atoms with Crippen molar-refractivity contribution < 1.29 is 0 Å². The van der Waals surface area contributed by atoms with Gasteiger partial charge in [-0.2, -0.15) is 0 Å². The summed E-state index contributed by atoms with van der Waals surface area (Å²) in [6, 6.07) is 60.3. The van der Waals surface area contributed by atoms with Crippen molar-refractivity contribution in [2.24, 2.45) is 0 Å². The number of hydrogen-bond acceptors (Lipinski definition) is 4. The molecule has 0 radical (unpaired) electrons. The van der Waals surface area contributed by atoms with Gasteiger partial charge in [-0.15, -0.1) is 11.3 Å². The summed E-state index contributed by atoms with van der Waals surface area (Å²) in [5.41, 5.74) is 6.50. The zero-order valence-corrected chi connectivity index (χ0v) is 28.7. The fraction of sp³-hybridized carbons (Fsp3) is 0. The number of nitrogens with zero attached hydrogens (tertiary/aromatic N) is 4. The van der Waals surface area contributed by atoms with Crippen LogP contribution in [0.2, 0.25) is 0 Å². The maximum absolute atomic E-state index is 5.22. The molecule has 0 amide bonds. The first-order valence-electron chi connectivity index (χ1n) is 17.4. The van der Waals surface area contributed by atoms with Crippen molar-refractivity contribution in [3.63, 3.8) is 0 Å². The quantitative estimate of drug-likeness (QED) is 0.186. The highest BCUT2D eigenvalue weighted by Gasteiger charge is 2.21. The first kappa shape index (κ1) is 29.1. The molecule has 4 nitrogen and oxygen atoms in total. The lowest BCUT2D eigenvalue weighted by Gasteiger charge is -2.12. The van der Waals surface area contributed by atoms with Gasteiger partial charge in [0.1, 0.15) is 0 Å². The Labute approximate surface area is 302 Å². The van der Waals surface area contributed by atoms with Crippen molar-refractivity contribution in [1.82, 2.24) is 19.5 Å². The standard InChI is InChI=1S/C47H28N4S/c1-3-13-29(14-4-1)45-48-46(30-15-5-2-6-16-30)50-47(49-45)44-35-20-10-9-19-33(35)27-42-43(44)37-24-23-34(28-41(37)52-42)51-39-22-12-11-21-36(39)38-25-31-17-7-8-18-32(31)26-40(38)51/h1-28H. The van der Waals surface area contributed by atoms with Gasteiger partial charge in [-0.25, -0.2) is 15.0 Å². The average molecular weight is 681 g/mol. The van der Waals surface area contributed by atoms with Gasteiger partial charge < -0.3 is 4.57 Å². The highest BCUT2D eigenvalue weighted by molar-refractivity contribution is 7.26. The molecule has 0 aliphatic heterocycles. The number of thiophene rings is 1. The Morgan fingerprint density at radius 3 is 1.71 bits per heavy atom. The number of aromatic nitrogens is 4. The second kappa shape index (κ2) is 11.4. The molecule has 0 spiro atoms. The van der Waals surface area contributed by atoms with E-state index in [2.05, 4.69) is 138 Å². The second-order valence-electron chi connectivity index (χ2n) is 13.2. The summed E-state index contributed by atoms with van der Waals surface area (Å²) in [7, 11) is 0. The molecule has 11 rings (SSSR count). The SMILES string of the molecule is c1ccc(-c2nc(-c3ccccc3)nc(-c3c4ccccc4cc4sc5cc(-n6c7ccccc7c7cc8ccccc8cc76)ccc5c34)n2)cc1. The molecule has 0 aliphatic carbocycles. The molecule has 0 bridgehead atoms. The van der Waals surface area contributed by atoms with Crippen LogP contribution in [-0.4, -0.2) is 19.5 Å². The van der Waals surface area contributed by atoms with Gasteiger partial charge in [0, 0.05) is 53.3 Å². The van der Waals surface area contributed by atoms with Crippen molar-refractivity contribution in [2.45, 2.75) is 0 Å². The second-order valence-corrected chi connectivity index (χ2v) is 14.3. The molecule has 8 aromatic carbocycles. The molecule has 3 aromatic heterocycles. The molecule has 0 N–H and O–H groups in total. The molecule has 3 heterocycles. The summed E-state index contributed by atoms with van der Waals surface area (Å²) in [6.45, 7) is 0. The highest BCUT2D eigenvalue weighted by atomic mass is 32.1. The number of benzene rings is 8. The molecule has 0 saturated heterocycles. The maximum atomic E-state index is 5.22. The van der Waals surface area contributed by atoms with Crippen LogP contribution in [0.5, 0.6) is 0 Å². The van der Waals surface area contributed by atoms with Gasteiger partial charge in [-0.1, -0.05) is 133 Å². The van der Waals surface area contributed by atoms with Crippen LogP contribution in [0, 0.1) is 0 Å². The topological polar surface area (TPSA) is 43.6 Å². The molecular weight excluding hydrogens is 653 g/mol. The lowest BCUT2D eigenvalue weighted by molar-refractivity contribution is 1.08. The van der Waals surface area contributed by atoms with E-state index in [1.54, 1.807) is 0 Å². The third-order valence-electron chi connectivity index (χ3n) is 10.2. The third-order valence-corrected chi connectivity index (χ3v) is 11.3. The van der Waals surface area contributed by atoms with E-state index in [-0.39, 0.29) is 0 Å². The van der Waals surface area contributed by atoms with Crippen LogP contribution in [0.1, 0.15) is 0 Å². The molecule has 11 aromatic rings. The van der Waals surface area contributed by atoms with Crippen molar-refractivity contribution in [1.29, 1.82) is 0 Å². The summed E-state index contributed by atoms with van der Waals surface area (Å²) in [5.74, 6) is 1.99. The van der Waals surface area contributed by atoms with Crippen molar-refractivity contribution in [3.05, 3.63) is 170 Å². The predicted molar refractivity (Wildman–Crippen MR) is 218 cm³/mol. The molecule has 0 fully saturated rings. The predicted octanol–water partition coefficient (Wildman–Crippen LogP) is 12.6. The van der Waals surface area contributed by atoms with E-state index in [1.807, 2.05) is 47.7 Å². The van der Waals surface area contributed by atoms with E-state index in [0.29, 0.717) is 17.5 Å². The van der Waals surface area contributed by atoms with Crippen LogP contribution in [0.4, 0.5) is 0 Å². The zero-order valence-electron chi connectivity index (χ0n) is 27.9. The summed E-state index contributed by atoms with van der Waals surface area (Å²) in [4.78, 5) is 15.4. The van der Waals surface area contributed by atoms with E-state index in [1.165, 1.54) is 52.8 Å². The third kappa shape index (κ3) is 4.50. The van der Waals surface area contributed by atoms with Gasteiger partial charge in [-0.05, 0) is 57.9 Å². The average Bonchev–Trinajstić information content (AvgIpc) is 3.73. The minimum Gasteiger partial charge on any atom is -0.309 e. The number of hydrogen-bond donors (Lipinski definition) is 0. The minimum absolute atomic E-state index is 0.659. The largest absolute Gasteiger partial charge is 0.309 e. The molecule has 242 valence electrons. The normalized spacial score (nSPS) is 11.8. The van der Waals surface area contributed by atoms with Gasteiger partial charge in [0.15, 0.2) is 17.5 Å². The van der Waals surface area contributed by atoms with Gasteiger partial charge in [0.25, 0.3) is 0 Å². The molecule has 5 heteroatoms. The molecule has 0 atom stereocenters. The fourth-order valence-corrected chi connectivity index (χ4v) is 9.01. The number of fused-ring (bicyclic) bond motifs is 8. The van der Waals surface area contributed by atoms with Crippen molar-refractivity contribution in [3.8, 4) is 39.9 Å². The Balaban J connectivity index is 1.19. The van der Waals surface area contributed by atoms with Crippen LogP contribution in [0.25, 0.3) is 103 Å². The van der Waals surface area contributed by atoms with Crippen LogP contribution in [0.15, 0.2) is 170 Å². The Morgan fingerprint density at radius 2 is 0.981 bits per heavy atom. The zero-order chi connectivity index (χ0) is 34.2. The molecular formula is C47H28N4S. The first-order valence-corrected chi connectivity index (χ1v) is 18.3. The van der Waals surface area contributed by atoms with E-state index in [0.717, 1.165) is 33.2 Å².